The van der Waals surface area contributed by atoms with Gasteiger partial charge in [-0.15, -0.1) is 0 Å². The number of halogens is 1. The molecule has 0 aliphatic carbocycles. The molecular weight excluding hydrogens is 297 g/mol. The fourth-order valence-electron chi connectivity index (χ4n) is 3.04. The Hall–Kier alpha value is -1.91. The number of esters is 1. The predicted octanol–water partition coefficient (Wildman–Crippen LogP) is 3.12. The summed E-state index contributed by atoms with van der Waals surface area (Å²) in [4.78, 5) is 25.7. The molecule has 1 amide bonds. The number of hydrogen-bond acceptors (Lipinski definition) is 3. The monoisotopic (exact) mass is 321 g/mol. The van der Waals surface area contributed by atoms with Crippen LogP contribution in [0.15, 0.2) is 24.3 Å². The smallest absolute Gasteiger partial charge is 0.306 e. The number of nitrogens with zero attached hydrogens (tertiary/aromatic N) is 1. The van der Waals surface area contributed by atoms with Gasteiger partial charge < -0.3 is 9.64 Å². The molecule has 1 aromatic rings. The quantitative estimate of drug-likeness (QED) is 0.783. The van der Waals surface area contributed by atoms with Crippen molar-refractivity contribution in [1.82, 2.24) is 4.90 Å². The summed E-state index contributed by atoms with van der Waals surface area (Å²) in [7, 11) is 1.36. The third-order valence-electron chi connectivity index (χ3n) is 4.36. The van der Waals surface area contributed by atoms with Crippen LogP contribution in [0.5, 0.6) is 0 Å². The Morgan fingerprint density at radius 2 is 1.91 bits per heavy atom. The van der Waals surface area contributed by atoms with Crippen molar-refractivity contribution in [3.8, 4) is 0 Å². The normalized spacial score (nSPS) is 18.1. The van der Waals surface area contributed by atoms with Crippen molar-refractivity contribution < 1.29 is 18.7 Å². The Balaban J connectivity index is 1.92. The van der Waals surface area contributed by atoms with Crippen molar-refractivity contribution in [3.63, 3.8) is 0 Å². The molecule has 0 saturated carbocycles. The summed E-state index contributed by atoms with van der Waals surface area (Å²) in [5, 5.41) is 0. The lowest BCUT2D eigenvalue weighted by atomic mass is 9.85. The van der Waals surface area contributed by atoms with Crippen molar-refractivity contribution in [3.05, 3.63) is 35.6 Å². The van der Waals surface area contributed by atoms with Gasteiger partial charge in [-0.2, -0.15) is 0 Å². The molecule has 1 atom stereocenters. The Morgan fingerprint density at radius 3 is 2.52 bits per heavy atom. The van der Waals surface area contributed by atoms with Crippen molar-refractivity contribution >= 4 is 11.9 Å². The second kappa shape index (κ2) is 7.11. The van der Waals surface area contributed by atoms with Crippen molar-refractivity contribution in [2.45, 2.75) is 39.0 Å². The van der Waals surface area contributed by atoms with Crippen LogP contribution in [0.3, 0.4) is 0 Å². The van der Waals surface area contributed by atoms with Gasteiger partial charge in [0.1, 0.15) is 5.82 Å². The van der Waals surface area contributed by atoms with Crippen LogP contribution >= 0.6 is 0 Å². The molecule has 0 bridgehead atoms. The summed E-state index contributed by atoms with van der Waals surface area (Å²) in [6, 6.07) is 6.49. The number of methoxy groups -OCH3 is 1. The van der Waals surface area contributed by atoms with E-state index in [0.29, 0.717) is 19.5 Å². The van der Waals surface area contributed by atoms with Gasteiger partial charge in [0.05, 0.1) is 13.5 Å². The Labute approximate surface area is 136 Å². The van der Waals surface area contributed by atoms with Crippen LogP contribution in [-0.4, -0.2) is 37.0 Å². The second-order valence-corrected chi connectivity index (χ2v) is 6.97. The average molecular weight is 321 g/mol. The van der Waals surface area contributed by atoms with Crippen LogP contribution in [0, 0.1) is 11.2 Å². The van der Waals surface area contributed by atoms with E-state index in [4.69, 9.17) is 0 Å². The van der Waals surface area contributed by atoms with Gasteiger partial charge in [-0.25, -0.2) is 4.39 Å². The highest BCUT2D eigenvalue weighted by atomic mass is 19.1. The average Bonchev–Trinajstić information content (AvgIpc) is 2.96. The Bertz CT molecular complexity index is 568. The number of carbonyl (C=O) groups excluding carboxylic acids is 2. The summed E-state index contributed by atoms with van der Waals surface area (Å²) in [6.07, 6.45) is 1.43. The second-order valence-electron chi connectivity index (χ2n) is 6.97. The first kappa shape index (κ1) is 17.4. The molecule has 1 aliphatic rings. The van der Waals surface area contributed by atoms with E-state index in [0.717, 1.165) is 12.0 Å². The molecule has 0 spiro atoms. The van der Waals surface area contributed by atoms with Crippen LogP contribution in [-0.2, 0) is 14.3 Å². The van der Waals surface area contributed by atoms with E-state index in [1.807, 2.05) is 18.7 Å². The van der Waals surface area contributed by atoms with Gasteiger partial charge in [-0.1, -0.05) is 26.0 Å². The van der Waals surface area contributed by atoms with Crippen LogP contribution in [0.4, 0.5) is 4.39 Å². The maximum absolute atomic E-state index is 13.0. The molecule has 1 saturated heterocycles. The van der Waals surface area contributed by atoms with E-state index < -0.39 is 5.41 Å². The first-order chi connectivity index (χ1) is 10.8. The molecular formula is C18H24FNO3. The van der Waals surface area contributed by atoms with Crippen molar-refractivity contribution in [2.24, 2.45) is 5.41 Å². The minimum Gasteiger partial charge on any atom is -0.469 e. The van der Waals surface area contributed by atoms with Crippen LogP contribution in [0.1, 0.15) is 44.6 Å². The van der Waals surface area contributed by atoms with Crippen LogP contribution < -0.4 is 0 Å². The van der Waals surface area contributed by atoms with Crippen LogP contribution in [0.2, 0.25) is 0 Å². The molecule has 0 aromatic heterocycles. The highest BCUT2D eigenvalue weighted by Gasteiger charge is 2.32. The number of ether oxygens (including phenoxy) is 1. The van der Waals surface area contributed by atoms with Gasteiger partial charge in [0, 0.05) is 25.4 Å². The minimum atomic E-state index is -0.419. The lowest BCUT2D eigenvalue weighted by Gasteiger charge is -2.26. The SMILES string of the molecule is COC(=O)CC(C)(C)CC(=O)N1CCC(c2ccc(F)cc2)C1. The number of hydrogen-bond donors (Lipinski definition) is 0. The largest absolute Gasteiger partial charge is 0.469 e. The van der Waals surface area contributed by atoms with E-state index in [-0.39, 0.29) is 30.0 Å². The highest BCUT2D eigenvalue weighted by molar-refractivity contribution is 5.78. The number of benzene rings is 1. The molecule has 0 N–H and O–H groups in total. The Kier molecular flexibility index (Phi) is 5.39. The summed E-state index contributed by atoms with van der Waals surface area (Å²) in [6.45, 7) is 5.15. The fraction of sp³-hybridized carbons (Fsp3) is 0.556. The fourth-order valence-corrected chi connectivity index (χ4v) is 3.04. The lowest BCUT2D eigenvalue weighted by Crippen LogP contribution is -2.33. The molecule has 5 heteroatoms. The zero-order valence-corrected chi connectivity index (χ0v) is 14.0. The molecule has 4 nitrogen and oxygen atoms in total. The molecule has 23 heavy (non-hydrogen) atoms. The van der Waals surface area contributed by atoms with Crippen molar-refractivity contribution in [1.29, 1.82) is 0 Å². The summed E-state index contributed by atoms with van der Waals surface area (Å²) in [5.41, 5.74) is 0.647. The molecule has 0 radical (unpaired) electrons. The van der Waals surface area contributed by atoms with Gasteiger partial charge in [0.25, 0.3) is 0 Å². The van der Waals surface area contributed by atoms with E-state index in [9.17, 15) is 14.0 Å². The molecule has 1 aliphatic heterocycles. The number of likely N-dealkylation sites (tertiary alicyclic amines) is 1. The minimum absolute atomic E-state index is 0.0588. The molecule has 1 heterocycles. The Morgan fingerprint density at radius 1 is 1.26 bits per heavy atom. The standard InChI is InChI=1S/C18H24FNO3/c1-18(2,11-17(22)23-3)10-16(21)20-9-8-14(12-20)13-4-6-15(19)7-5-13/h4-7,14H,8-12H2,1-3H3. The van der Waals surface area contributed by atoms with Gasteiger partial charge in [-0.3, -0.25) is 9.59 Å². The van der Waals surface area contributed by atoms with Crippen LogP contribution in [0.25, 0.3) is 0 Å². The van der Waals surface area contributed by atoms with Gasteiger partial charge in [0.2, 0.25) is 5.91 Å². The number of carbonyl (C=O) groups is 2. The zero-order chi connectivity index (χ0) is 17.0. The van der Waals surface area contributed by atoms with Gasteiger partial charge in [0.15, 0.2) is 0 Å². The summed E-state index contributed by atoms with van der Waals surface area (Å²) in [5.74, 6) is -0.232. The molecule has 1 fully saturated rings. The highest BCUT2D eigenvalue weighted by Crippen LogP contribution is 2.31. The van der Waals surface area contributed by atoms with Gasteiger partial charge >= 0.3 is 5.97 Å². The maximum atomic E-state index is 13.0. The number of rotatable bonds is 5. The maximum Gasteiger partial charge on any atom is 0.306 e. The molecule has 126 valence electrons. The lowest BCUT2D eigenvalue weighted by molar-refractivity contribution is -0.143. The third kappa shape index (κ3) is 4.78. The zero-order valence-electron chi connectivity index (χ0n) is 14.0. The first-order valence-electron chi connectivity index (χ1n) is 7.91. The first-order valence-corrected chi connectivity index (χ1v) is 7.91. The van der Waals surface area contributed by atoms with Gasteiger partial charge in [-0.05, 0) is 29.5 Å². The molecule has 1 unspecified atom stereocenters. The van der Waals surface area contributed by atoms with E-state index in [2.05, 4.69) is 4.74 Å². The topological polar surface area (TPSA) is 46.6 Å². The molecule has 1 aromatic carbocycles. The van der Waals surface area contributed by atoms with E-state index in [1.165, 1.54) is 19.2 Å². The number of amides is 1. The summed E-state index contributed by atoms with van der Waals surface area (Å²) >= 11 is 0. The predicted molar refractivity (Wildman–Crippen MR) is 85.4 cm³/mol. The third-order valence-corrected chi connectivity index (χ3v) is 4.36. The van der Waals surface area contributed by atoms with Crippen molar-refractivity contribution in [2.75, 3.05) is 20.2 Å². The van der Waals surface area contributed by atoms with E-state index in [1.54, 1.807) is 12.1 Å². The summed E-state index contributed by atoms with van der Waals surface area (Å²) < 4.78 is 17.7. The molecule has 2 rings (SSSR count). The van der Waals surface area contributed by atoms with E-state index >= 15 is 0 Å².